The van der Waals surface area contributed by atoms with Crippen molar-refractivity contribution in [2.24, 2.45) is 7.05 Å². The fourth-order valence-electron chi connectivity index (χ4n) is 1.88. The summed E-state index contributed by atoms with van der Waals surface area (Å²) in [6.07, 6.45) is 3.77. The topological polar surface area (TPSA) is 21.1 Å². The van der Waals surface area contributed by atoms with Crippen molar-refractivity contribution in [2.75, 3.05) is 11.9 Å². The van der Waals surface area contributed by atoms with Crippen LogP contribution in [0.25, 0.3) is 0 Å². The summed E-state index contributed by atoms with van der Waals surface area (Å²) in [6, 6.07) is 5.94. The number of benzene rings is 1. The predicted octanol–water partition coefficient (Wildman–Crippen LogP) is 3.60. The van der Waals surface area contributed by atoms with Crippen LogP contribution in [0.2, 0.25) is 5.02 Å². The average Bonchev–Trinajstić information content (AvgIpc) is 2.74. The molecule has 18 heavy (non-hydrogen) atoms. The van der Waals surface area contributed by atoms with Gasteiger partial charge in [0, 0.05) is 42.5 Å². The van der Waals surface area contributed by atoms with E-state index in [0.29, 0.717) is 0 Å². The second kappa shape index (κ2) is 5.76. The zero-order chi connectivity index (χ0) is 13.1. The number of hydrogen-bond donors (Lipinski definition) is 0. The van der Waals surface area contributed by atoms with Gasteiger partial charge in [0.2, 0.25) is 0 Å². The van der Waals surface area contributed by atoms with E-state index in [-0.39, 0.29) is 0 Å². The van der Waals surface area contributed by atoms with Crippen molar-refractivity contribution in [1.82, 2.24) is 9.55 Å². The third-order valence-electron chi connectivity index (χ3n) is 2.90. The molecule has 0 atom stereocenters. The smallest absolute Gasteiger partial charge is 0.127 e. The van der Waals surface area contributed by atoms with Gasteiger partial charge in [-0.1, -0.05) is 27.5 Å². The molecule has 1 aromatic heterocycles. The maximum atomic E-state index is 6.01. The quantitative estimate of drug-likeness (QED) is 0.800. The highest BCUT2D eigenvalue weighted by Gasteiger charge is 2.10. The lowest BCUT2D eigenvalue weighted by Gasteiger charge is -2.21. The summed E-state index contributed by atoms with van der Waals surface area (Å²) < 4.78 is 2.03. The van der Waals surface area contributed by atoms with Crippen LogP contribution in [0, 0.1) is 0 Å². The molecular weight excluding hydrogens is 314 g/mol. The van der Waals surface area contributed by atoms with Gasteiger partial charge >= 0.3 is 0 Å². The highest BCUT2D eigenvalue weighted by atomic mass is 79.9. The molecule has 0 radical (unpaired) electrons. The summed E-state index contributed by atoms with van der Waals surface area (Å²) in [5, 5.41) is 1.55. The Hall–Kier alpha value is -1.000. The third-order valence-corrected chi connectivity index (χ3v) is 3.74. The Balaban J connectivity index is 2.23. The number of aryl methyl sites for hydroxylation is 1. The van der Waals surface area contributed by atoms with Gasteiger partial charge in [-0.2, -0.15) is 0 Å². The van der Waals surface area contributed by atoms with Gasteiger partial charge in [-0.25, -0.2) is 4.98 Å². The number of aromatic nitrogens is 2. The number of alkyl halides is 1. The van der Waals surface area contributed by atoms with Crippen molar-refractivity contribution in [1.29, 1.82) is 0 Å². The van der Waals surface area contributed by atoms with Gasteiger partial charge in [-0.05, 0) is 23.8 Å². The normalized spacial score (nSPS) is 10.7. The van der Waals surface area contributed by atoms with E-state index in [0.717, 1.165) is 22.7 Å². The lowest BCUT2D eigenvalue weighted by Crippen LogP contribution is -2.20. The van der Waals surface area contributed by atoms with Crippen LogP contribution < -0.4 is 4.90 Å². The first kappa shape index (κ1) is 13.4. The fraction of sp³-hybridized carbons (Fsp3) is 0.308. The molecule has 3 nitrogen and oxygen atoms in total. The predicted molar refractivity (Wildman–Crippen MR) is 79.4 cm³/mol. The summed E-state index contributed by atoms with van der Waals surface area (Å²) in [6.45, 7) is 0.769. The van der Waals surface area contributed by atoms with Gasteiger partial charge in [0.15, 0.2) is 0 Å². The standard InChI is InChI=1S/C13H15BrClN3/c1-17-6-5-16-13(17)9-18(2)12-4-3-11(15)7-10(12)8-14/h3-7H,8-9H2,1-2H3. The van der Waals surface area contributed by atoms with Crippen molar-refractivity contribution in [3.8, 4) is 0 Å². The summed E-state index contributed by atoms with van der Waals surface area (Å²) in [5.74, 6) is 1.04. The highest BCUT2D eigenvalue weighted by molar-refractivity contribution is 9.08. The minimum absolute atomic E-state index is 0.763. The second-order valence-electron chi connectivity index (χ2n) is 4.22. The number of hydrogen-bond acceptors (Lipinski definition) is 2. The summed E-state index contributed by atoms with van der Waals surface area (Å²) in [5.41, 5.74) is 2.35. The van der Waals surface area contributed by atoms with Crippen LogP contribution in [0.5, 0.6) is 0 Å². The zero-order valence-corrected chi connectivity index (χ0v) is 12.7. The first-order valence-corrected chi connectivity index (χ1v) is 7.13. The monoisotopic (exact) mass is 327 g/mol. The third kappa shape index (κ3) is 2.87. The molecule has 5 heteroatoms. The largest absolute Gasteiger partial charge is 0.367 e. The molecule has 1 heterocycles. The van der Waals surface area contributed by atoms with Crippen LogP contribution in [-0.4, -0.2) is 16.6 Å². The van der Waals surface area contributed by atoms with Crippen LogP contribution in [0.4, 0.5) is 5.69 Å². The minimum Gasteiger partial charge on any atom is -0.367 e. The molecule has 0 aliphatic rings. The Morgan fingerprint density at radius 3 is 2.83 bits per heavy atom. The molecule has 96 valence electrons. The summed E-state index contributed by atoms with van der Waals surface area (Å²) in [7, 11) is 4.06. The van der Waals surface area contributed by atoms with E-state index in [1.807, 2.05) is 42.2 Å². The van der Waals surface area contributed by atoms with E-state index in [1.54, 1.807) is 0 Å². The van der Waals surface area contributed by atoms with Crippen LogP contribution in [0.1, 0.15) is 11.4 Å². The van der Waals surface area contributed by atoms with Crippen LogP contribution >= 0.6 is 27.5 Å². The first-order chi connectivity index (χ1) is 8.61. The number of anilines is 1. The molecule has 2 rings (SSSR count). The summed E-state index contributed by atoms with van der Waals surface area (Å²) in [4.78, 5) is 6.51. The summed E-state index contributed by atoms with van der Waals surface area (Å²) >= 11 is 9.51. The average molecular weight is 329 g/mol. The molecular formula is C13H15BrClN3. The van der Waals surface area contributed by atoms with Crippen LogP contribution in [0.3, 0.4) is 0 Å². The SMILES string of the molecule is CN(Cc1nccn1C)c1ccc(Cl)cc1CBr. The van der Waals surface area contributed by atoms with Gasteiger partial charge in [-0.15, -0.1) is 0 Å². The number of halogens is 2. The van der Waals surface area contributed by atoms with Crippen molar-refractivity contribution in [3.05, 3.63) is 47.0 Å². The molecule has 0 spiro atoms. The van der Waals surface area contributed by atoms with Gasteiger partial charge in [-0.3, -0.25) is 0 Å². The second-order valence-corrected chi connectivity index (χ2v) is 5.21. The van der Waals surface area contributed by atoms with E-state index in [2.05, 4.69) is 32.9 Å². The maximum Gasteiger partial charge on any atom is 0.127 e. The molecule has 0 fully saturated rings. The number of nitrogens with zero attached hydrogens (tertiary/aromatic N) is 3. The molecule has 0 unspecified atom stereocenters. The van der Waals surface area contributed by atoms with E-state index >= 15 is 0 Å². The van der Waals surface area contributed by atoms with Crippen LogP contribution in [0.15, 0.2) is 30.6 Å². The lowest BCUT2D eigenvalue weighted by atomic mass is 10.2. The van der Waals surface area contributed by atoms with E-state index in [9.17, 15) is 0 Å². The minimum atomic E-state index is 0.763. The zero-order valence-electron chi connectivity index (χ0n) is 10.4. The van der Waals surface area contributed by atoms with Crippen molar-refractivity contribution in [2.45, 2.75) is 11.9 Å². The Morgan fingerprint density at radius 1 is 1.44 bits per heavy atom. The molecule has 0 bridgehead atoms. The highest BCUT2D eigenvalue weighted by Crippen LogP contribution is 2.26. The molecule has 2 aromatic rings. The van der Waals surface area contributed by atoms with Gasteiger partial charge < -0.3 is 9.47 Å². The van der Waals surface area contributed by atoms with Crippen molar-refractivity contribution >= 4 is 33.2 Å². The molecule has 0 saturated heterocycles. The van der Waals surface area contributed by atoms with Crippen LogP contribution in [-0.2, 0) is 18.9 Å². The molecule has 0 aliphatic heterocycles. The molecule has 0 aliphatic carbocycles. The Morgan fingerprint density at radius 2 is 2.22 bits per heavy atom. The molecule has 0 saturated carbocycles. The van der Waals surface area contributed by atoms with Crippen molar-refractivity contribution in [3.63, 3.8) is 0 Å². The van der Waals surface area contributed by atoms with Gasteiger partial charge in [0.05, 0.1) is 6.54 Å². The Kier molecular flexibility index (Phi) is 4.30. The van der Waals surface area contributed by atoms with Crippen molar-refractivity contribution < 1.29 is 0 Å². The Labute approximate surface area is 121 Å². The van der Waals surface area contributed by atoms with E-state index < -0.39 is 0 Å². The number of imidazole rings is 1. The van der Waals surface area contributed by atoms with E-state index in [1.165, 1.54) is 11.3 Å². The van der Waals surface area contributed by atoms with Gasteiger partial charge in [0.25, 0.3) is 0 Å². The molecule has 0 amide bonds. The first-order valence-electron chi connectivity index (χ1n) is 5.63. The fourth-order valence-corrected chi connectivity index (χ4v) is 2.52. The van der Waals surface area contributed by atoms with Gasteiger partial charge in [0.1, 0.15) is 5.82 Å². The maximum absolute atomic E-state index is 6.01. The lowest BCUT2D eigenvalue weighted by molar-refractivity contribution is 0.760. The van der Waals surface area contributed by atoms with E-state index in [4.69, 9.17) is 11.6 Å². The number of rotatable bonds is 4. The Bertz CT molecular complexity index is 539. The molecule has 0 N–H and O–H groups in total. The molecule has 1 aromatic carbocycles.